The van der Waals surface area contributed by atoms with Gasteiger partial charge >= 0.3 is 0 Å². The van der Waals surface area contributed by atoms with Gasteiger partial charge in [-0.25, -0.2) is 9.97 Å². The van der Waals surface area contributed by atoms with Gasteiger partial charge in [-0.15, -0.1) is 0 Å². The van der Waals surface area contributed by atoms with E-state index in [9.17, 15) is 0 Å². The molecule has 2 heterocycles. The fraction of sp³-hybridized carbons (Fsp3) is 0.200. The van der Waals surface area contributed by atoms with E-state index in [2.05, 4.69) is 33.3 Å². The smallest absolute Gasteiger partial charge is 0.172 e. The van der Waals surface area contributed by atoms with E-state index in [1.54, 1.807) is 11.8 Å². The summed E-state index contributed by atoms with van der Waals surface area (Å²) in [5.41, 5.74) is 3.23. The Morgan fingerprint density at radius 3 is 2.95 bits per heavy atom. The summed E-state index contributed by atoms with van der Waals surface area (Å²) in [6.45, 7) is 3.87. The third-order valence-electron chi connectivity index (χ3n) is 2.98. The molecule has 0 radical (unpaired) electrons. The first-order chi connectivity index (χ1) is 9.86. The molecule has 3 rings (SSSR count). The standard InChI is InChI=1S/C15H16N4S/c1-2-16-10-11-6-5-9-17-14(11)20-15-18-12-7-3-4-8-13(12)19-15/h3-9,16H,2,10H2,1H3,(H,18,19). The van der Waals surface area contributed by atoms with Crippen molar-refractivity contribution in [3.8, 4) is 0 Å². The van der Waals surface area contributed by atoms with Gasteiger partial charge in [-0.1, -0.05) is 25.1 Å². The van der Waals surface area contributed by atoms with Crippen LogP contribution < -0.4 is 5.32 Å². The Labute approximate surface area is 122 Å². The Balaban J connectivity index is 1.86. The molecule has 0 unspecified atom stereocenters. The highest BCUT2D eigenvalue weighted by atomic mass is 32.2. The molecule has 0 aliphatic heterocycles. The van der Waals surface area contributed by atoms with Gasteiger partial charge in [-0.2, -0.15) is 0 Å². The van der Waals surface area contributed by atoms with Crippen LogP contribution in [0.4, 0.5) is 0 Å². The summed E-state index contributed by atoms with van der Waals surface area (Å²) in [5.74, 6) is 0. The molecule has 0 aliphatic rings. The fourth-order valence-electron chi connectivity index (χ4n) is 1.98. The number of hydrogen-bond acceptors (Lipinski definition) is 4. The van der Waals surface area contributed by atoms with Gasteiger partial charge in [0.15, 0.2) is 5.16 Å². The molecule has 0 saturated carbocycles. The van der Waals surface area contributed by atoms with Crippen LogP contribution >= 0.6 is 11.8 Å². The monoisotopic (exact) mass is 284 g/mol. The average molecular weight is 284 g/mol. The molecule has 5 heteroatoms. The predicted octanol–water partition coefficient (Wildman–Crippen LogP) is 3.22. The quantitative estimate of drug-likeness (QED) is 0.755. The number of nitrogens with one attached hydrogen (secondary N) is 2. The van der Waals surface area contributed by atoms with Crippen LogP contribution in [-0.4, -0.2) is 21.5 Å². The van der Waals surface area contributed by atoms with Crippen LogP contribution in [0.25, 0.3) is 11.0 Å². The largest absolute Gasteiger partial charge is 0.333 e. The van der Waals surface area contributed by atoms with Crippen LogP contribution in [0.5, 0.6) is 0 Å². The number of hydrogen-bond donors (Lipinski definition) is 2. The summed E-state index contributed by atoms with van der Waals surface area (Å²) >= 11 is 1.57. The summed E-state index contributed by atoms with van der Waals surface area (Å²) in [4.78, 5) is 12.4. The van der Waals surface area contributed by atoms with Crippen LogP contribution in [0.2, 0.25) is 0 Å². The maximum Gasteiger partial charge on any atom is 0.172 e. The number of imidazole rings is 1. The maximum atomic E-state index is 4.58. The van der Waals surface area contributed by atoms with E-state index in [0.29, 0.717) is 0 Å². The minimum absolute atomic E-state index is 0.826. The molecular formula is C15H16N4S. The molecule has 0 spiro atoms. The van der Waals surface area contributed by atoms with E-state index >= 15 is 0 Å². The molecule has 20 heavy (non-hydrogen) atoms. The maximum absolute atomic E-state index is 4.58. The molecule has 0 saturated heterocycles. The van der Waals surface area contributed by atoms with Gasteiger partial charge in [0.2, 0.25) is 0 Å². The van der Waals surface area contributed by atoms with E-state index < -0.39 is 0 Å². The van der Waals surface area contributed by atoms with Crippen molar-refractivity contribution < 1.29 is 0 Å². The van der Waals surface area contributed by atoms with Crippen LogP contribution in [0.3, 0.4) is 0 Å². The third-order valence-corrected chi connectivity index (χ3v) is 3.92. The normalized spacial score (nSPS) is 11.1. The predicted molar refractivity (Wildman–Crippen MR) is 81.8 cm³/mol. The van der Waals surface area contributed by atoms with Crippen molar-refractivity contribution in [3.63, 3.8) is 0 Å². The van der Waals surface area contributed by atoms with Crippen molar-refractivity contribution in [2.75, 3.05) is 6.54 Å². The number of aromatic amines is 1. The second-order valence-corrected chi connectivity index (χ2v) is 5.39. The zero-order valence-corrected chi connectivity index (χ0v) is 12.1. The number of pyridine rings is 1. The number of aromatic nitrogens is 3. The number of nitrogens with zero attached hydrogens (tertiary/aromatic N) is 2. The lowest BCUT2D eigenvalue weighted by molar-refractivity contribution is 0.711. The molecule has 0 amide bonds. The van der Waals surface area contributed by atoms with Crippen LogP contribution in [0.1, 0.15) is 12.5 Å². The summed E-state index contributed by atoms with van der Waals surface area (Å²) in [5, 5.41) is 5.20. The zero-order valence-electron chi connectivity index (χ0n) is 11.3. The van der Waals surface area contributed by atoms with Crippen LogP contribution in [-0.2, 0) is 6.54 Å². The highest BCUT2D eigenvalue weighted by molar-refractivity contribution is 7.99. The van der Waals surface area contributed by atoms with Crippen molar-refractivity contribution in [1.29, 1.82) is 0 Å². The third kappa shape index (κ3) is 2.84. The first-order valence-corrected chi connectivity index (χ1v) is 7.45. The van der Waals surface area contributed by atoms with Crippen LogP contribution in [0, 0.1) is 0 Å². The van der Waals surface area contributed by atoms with Gasteiger partial charge in [0.25, 0.3) is 0 Å². The molecule has 0 fully saturated rings. The number of para-hydroxylation sites is 2. The van der Waals surface area contributed by atoms with Gasteiger partial charge in [-0.05, 0) is 42.1 Å². The lowest BCUT2D eigenvalue weighted by Crippen LogP contribution is -2.12. The molecule has 0 aliphatic carbocycles. The van der Waals surface area contributed by atoms with Crippen molar-refractivity contribution in [2.24, 2.45) is 0 Å². The van der Waals surface area contributed by atoms with E-state index in [1.807, 2.05) is 36.5 Å². The lowest BCUT2D eigenvalue weighted by Gasteiger charge is -2.06. The zero-order chi connectivity index (χ0) is 13.8. The molecule has 4 nitrogen and oxygen atoms in total. The number of fused-ring (bicyclic) bond motifs is 1. The molecule has 0 bridgehead atoms. The molecule has 0 atom stereocenters. The molecule has 102 valence electrons. The summed E-state index contributed by atoms with van der Waals surface area (Å²) in [6, 6.07) is 12.1. The SMILES string of the molecule is CCNCc1cccnc1Sc1nc2ccccc2[nH]1. The van der Waals surface area contributed by atoms with Gasteiger partial charge in [0, 0.05) is 12.7 Å². The number of benzene rings is 1. The van der Waals surface area contributed by atoms with Crippen LogP contribution in [0.15, 0.2) is 52.8 Å². The first-order valence-electron chi connectivity index (χ1n) is 6.64. The molecule has 1 aromatic carbocycles. The molecular weight excluding hydrogens is 268 g/mol. The minimum atomic E-state index is 0.826. The fourth-order valence-corrected chi connectivity index (χ4v) is 2.85. The van der Waals surface area contributed by atoms with Gasteiger partial charge in [0.1, 0.15) is 5.03 Å². The Kier molecular flexibility index (Phi) is 3.99. The topological polar surface area (TPSA) is 53.6 Å². The average Bonchev–Trinajstić information content (AvgIpc) is 2.88. The number of rotatable bonds is 5. The Morgan fingerprint density at radius 2 is 2.10 bits per heavy atom. The Bertz CT molecular complexity index is 675. The van der Waals surface area contributed by atoms with Crippen molar-refractivity contribution in [3.05, 3.63) is 48.2 Å². The van der Waals surface area contributed by atoms with Gasteiger partial charge in [0.05, 0.1) is 11.0 Å². The molecule has 2 N–H and O–H groups in total. The van der Waals surface area contributed by atoms with Gasteiger partial charge in [-0.3, -0.25) is 0 Å². The van der Waals surface area contributed by atoms with E-state index in [1.165, 1.54) is 5.56 Å². The Morgan fingerprint density at radius 1 is 1.20 bits per heavy atom. The Hall–Kier alpha value is -1.85. The second kappa shape index (κ2) is 6.07. The highest BCUT2D eigenvalue weighted by Crippen LogP contribution is 2.28. The minimum Gasteiger partial charge on any atom is -0.333 e. The lowest BCUT2D eigenvalue weighted by atomic mass is 10.3. The highest BCUT2D eigenvalue weighted by Gasteiger charge is 2.08. The van der Waals surface area contributed by atoms with Gasteiger partial charge < -0.3 is 10.3 Å². The summed E-state index contributed by atoms with van der Waals surface area (Å²) in [6.07, 6.45) is 1.82. The van der Waals surface area contributed by atoms with E-state index in [-0.39, 0.29) is 0 Å². The molecule has 3 aromatic rings. The van der Waals surface area contributed by atoms with Crippen molar-refractivity contribution >= 4 is 22.8 Å². The van der Waals surface area contributed by atoms with E-state index in [4.69, 9.17) is 0 Å². The van der Waals surface area contributed by atoms with Crippen molar-refractivity contribution in [2.45, 2.75) is 23.7 Å². The second-order valence-electron chi connectivity index (χ2n) is 4.41. The van der Waals surface area contributed by atoms with Crippen molar-refractivity contribution in [1.82, 2.24) is 20.3 Å². The summed E-state index contributed by atoms with van der Waals surface area (Å²) < 4.78 is 0. The molecule has 2 aromatic heterocycles. The number of H-pyrrole nitrogens is 1. The first kappa shape index (κ1) is 13.1. The summed E-state index contributed by atoms with van der Waals surface area (Å²) in [7, 11) is 0. The van der Waals surface area contributed by atoms with E-state index in [0.717, 1.165) is 34.3 Å².